The molecule has 9 nitrogen and oxygen atoms in total. The van der Waals surface area contributed by atoms with Gasteiger partial charge in [0.15, 0.2) is 10.7 Å². The number of aryl methyl sites for hydroxylation is 1. The molecule has 1 aliphatic heterocycles. The lowest BCUT2D eigenvalue weighted by Crippen LogP contribution is -2.43. The van der Waals surface area contributed by atoms with Crippen LogP contribution in [0.1, 0.15) is 29.9 Å². The number of carbonyl (C=O) groups is 1. The van der Waals surface area contributed by atoms with E-state index < -0.39 is 10.0 Å². The average Bonchev–Trinajstić information content (AvgIpc) is 3.17. The number of amides is 1. The summed E-state index contributed by atoms with van der Waals surface area (Å²) in [6.45, 7) is 2.57. The van der Waals surface area contributed by atoms with E-state index >= 15 is 0 Å². The van der Waals surface area contributed by atoms with E-state index in [4.69, 9.17) is 9.26 Å². The van der Waals surface area contributed by atoms with Crippen molar-refractivity contribution in [2.45, 2.75) is 31.2 Å². The Kier molecular flexibility index (Phi) is 7.57. The monoisotopic (exact) mass is 462 g/mol. The summed E-state index contributed by atoms with van der Waals surface area (Å²) >= 11 is 0. The Balaban J connectivity index is 1.60. The van der Waals surface area contributed by atoms with Crippen molar-refractivity contribution in [3.8, 4) is 5.75 Å². The summed E-state index contributed by atoms with van der Waals surface area (Å²) in [6, 6.07) is 7.49. The summed E-state index contributed by atoms with van der Waals surface area (Å²) in [7, 11) is 1.49. The van der Waals surface area contributed by atoms with Crippen LogP contribution in [0.4, 0.5) is 0 Å². The van der Waals surface area contributed by atoms with Crippen LogP contribution in [-0.2, 0) is 21.4 Å². The molecule has 1 saturated heterocycles. The molecule has 3 rings (SSSR count). The Hall–Kier alpha value is -2.85. The van der Waals surface area contributed by atoms with Crippen LogP contribution in [0.25, 0.3) is 6.08 Å². The molecule has 2 heterocycles. The quantitative estimate of drug-likeness (QED) is 0.641. The first kappa shape index (κ1) is 23.8. The normalized spacial score (nSPS) is 15.8. The number of carbonyl (C=O) groups excluding carboxylic acids is 1. The largest absolute Gasteiger partial charge is 0.497 e. The highest BCUT2D eigenvalue weighted by Gasteiger charge is 2.35. The minimum atomic E-state index is -3.78. The van der Waals surface area contributed by atoms with E-state index in [1.807, 2.05) is 38.4 Å². The summed E-state index contributed by atoms with van der Waals surface area (Å²) < 4.78 is 38.3. The van der Waals surface area contributed by atoms with Crippen molar-refractivity contribution < 1.29 is 22.5 Å². The second kappa shape index (κ2) is 10.2. The Morgan fingerprint density at radius 1 is 1.28 bits per heavy atom. The van der Waals surface area contributed by atoms with Crippen LogP contribution in [0.2, 0.25) is 0 Å². The third kappa shape index (κ3) is 5.49. The molecule has 174 valence electrons. The average molecular weight is 463 g/mol. The number of hydrogen-bond acceptors (Lipinski definition) is 7. The number of aromatic nitrogens is 1. The summed E-state index contributed by atoms with van der Waals surface area (Å²) in [6.07, 6.45) is 4.21. The van der Waals surface area contributed by atoms with E-state index in [9.17, 15) is 13.2 Å². The summed E-state index contributed by atoms with van der Waals surface area (Å²) in [5, 5.41) is 6.79. The Morgan fingerprint density at radius 3 is 2.53 bits per heavy atom. The molecule has 0 unspecified atom stereocenters. The molecule has 0 atom stereocenters. The zero-order chi connectivity index (χ0) is 23.3. The lowest BCUT2D eigenvalue weighted by atomic mass is 9.97. The Bertz CT molecular complexity index is 1050. The second-order valence-electron chi connectivity index (χ2n) is 7.98. The smallest absolute Gasteiger partial charge is 0.248 e. The molecule has 1 amide bonds. The second-order valence-corrected chi connectivity index (χ2v) is 9.86. The lowest BCUT2D eigenvalue weighted by molar-refractivity contribution is -0.126. The molecule has 0 spiro atoms. The minimum absolute atomic E-state index is 0.0615. The molecule has 0 aliphatic carbocycles. The maximum absolute atomic E-state index is 13.2. The fourth-order valence-corrected chi connectivity index (χ4v) is 5.30. The molecule has 1 aromatic carbocycles. The lowest BCUT2D eigenvalue weighted by Gasteiger charge is -2.30. The first-order valence-corrected chi connectivity index (χ1v) is 11.9. The number of piperidine rings is 1. The third-order valence-electron chi connectivity index (χ3n) is 5.41. The van der Waals surface area contributed by atoms with Crippen LogP contribution in [0.5, 0.6) is 5.75 Å². The van der Waals surface area contributed by atoms with Gasteiger partial charge >= 0.3 is 0 Å². The van der Waals surface area contributed by atoms with Gasteiger partial charge in [0.1, 0.15) is 11.4 Å². The van der Waals surface area contributed by atoms with Gasteiger partial charge < -0.3 is 19.5 Å². The molecule has 2 aromatic rings. The number of ether oxygens (including phenoxy) is 1. The predicted molar refractivity (Wildman–Crippen MR) is 120 cm³/mol. The van der Waals surface area contributed by atoms with E-state index in [1.165, 1.54) is 4.31 Å². The van der Waals surface area contributed by atoms with Crippen LogP contribution in [-0.4, -0.2) is 63.0 Å². The Morgan fingerprint density at radius 2 is 1.94 bits per heavy atom. The molecule has 0 bridgehead atoms. The number of sulfonamides is 1. The molecule has 10 heteroatoms. The van der Waals surface area contributed by atoms with Gasteiger partial charge in [0.05, 0.1) is 7.11 Å². The van der Waals surface area contributed by atoms with Gasteiger partial charge in [-0.1, -0.05) is 17.3 Å². The molecule has 1 fully saturated rings. The van der Waals surface area contributed by atoms with E-state index in [0.29, 0.717) is 25.1 Å². The fourth-order valence-electron chi connectivity index (χ4n) is 3.58. The van der Waals surface area contributed by atoms with Crippen LogP contribution in [0.15, 0.2) is 39.9 Å². The van der Waals surface area contributed by atoms with Crippen LogP contribution in [0, 0.1) is 12.8 Å². The highest BCUT2D eigenvalue weighted by molar-refractivity contribution is 7.89. The molecule has 0 radical (unpaired) electrons. The van der Waals surface area contributed by atoms with Gasteiger partial charge in [-0.05, 0) is 37.5 Å². The zero-order valence-corrected chi connectivity index (χ0v) is 19.7. The van der Waals surface area contributed by atoms with Crippen molar-refractivity contribution in [2.24, 2.45) is 5.92 Å². The number of rotatable bonds is 8. The van der Waals surface area contributed by atoms with Crippen molar-refractivity contribution in [1.29, 1.82) is 0 Å². The first-order chi connectivity index (χ1) is 15.2. The van der Waals surface area contributed by atoms with Crippen LogP contribution >= 0.6 is 0 Å². The van der Waals surface area contributed by atoms with Gasteiger partial charge in [-0.3, -0.25) is 4.79 Å². The van der Waals surface area contributed by atoms with Crippen LogP contribution < -0.4 is 10.1 Å². The summed E-state index contributed by atoms with van der Waals surface area (Å²) in [5.74, 6) is 0.678. The van der Waals surface area contributed by atoms with Gasteiger partial charge in [0.25, 0.3) is 0 Å². The molecule has 0 saturated carbocycles. The highest BCUT2D eigenvalue weighted by atomic mass is 32.2. The predicted octanol–water partition coefficient (Wildman–Crippen LogP) is 2.24. The molecular formula is C22H30N4O5S. The van der Waals surface area contributed by atoms with Gasteiger partial charge in [-0.25, -0.2) is 8.42 Å². The van der Waals surface area contributed by atoms with Crippen molar-refractivity contribution in [2.75, 3.05) is 34.3 Å². The van der Waals surface area contributed by atoms with Gasteiger partial charge in [-0.2, -0.15) is 4.31 Å². The molecule has 32 heavy (non-hydrogen) atoms. The van der Waals surface area contributed by atoms with E-state index in [2.05, 4.69) is 10.5 Å². The number of nitrogens with one attached hydrogen (secondary N) is 1. The van der Waals surface area contributed by atoms with Gasteiger partial charge in [-0.15, -0.1) is 0 Å². The molecule has 1 N–H and O–H groups in total. The van der Waals surface area contributed by atoms with E-state index in [1.54, 1.807) is 31.2 Å². The number of benzene rings is 1. The minimum Gasteiger partial charge on any atom is -0.497 e. The van der Waals surface area contributed by atoms with Crippen molar-refractivity contribution in [3.63, 3.8) is 0 Å². The van der Waals surface area contributed by atoms with Crippen molar-refractivity contribution in [1.82, 2.24) is 19.7 Å². The maximum atomic E-state index is 13.2. The third-order valence-corrected chi connectivity index (χ3v) is 7.46. The van der Waals surface area contributed by atoms with Crippen molar-refractivity contribution >= 4 is 22.0 Å². The van der Waals surface area contributed by atoms with E-state index in [-0.39, 0.29) is 35.6 Å². The summed E-state index contributed by atoms with van der Waals surface area (Å²) in [4.78, 5) is 14.5. The summed E-state index contributed by atoms with van der Waals surface area (Å²) in [5.41, 5.74) is 1.29. The SMILES string of the molecule is COc1ccc(CNC(=O)C2CCN(S(=O)(=O)c3c(C)noc3/C=C/N(C)C)CC2)cc1. The highest BCUT2D eigenvalue weighted by Crippen LogP contribution is 2.29. The number of nitrogens with zero attached hydrogens (tertiary/aromatic N) is 3. The maximum Gasteiger partial charge on any atom is 0.248 e. The Labute approximate surface area is 189 Å². The standard InChI is InChI=1S/C22H30N4O5S/c1-16-21(20(31-24-16)11-12-25(2)3)32(28,29)26-13-9-18(10-14-26)22(27)23-15-17-5-7-19(30-4)8-6-17/h5-8,11-12,18H,9-10,13-15H2,1-4H3,(H,23,27)/b12-11+. The van der Waals surface area contributed by atoms with Crippen molar-refractivity contribution in [3.05, 3.63) is 47.5 Å². The van der Waals surface area contributed by atoms with E-state index in [0.717, 1.165) is 11.3 Å². The molecule has 1 aromatic heterocycles. The zero-order valence-electron chi connectivity index (χ0n) is 18.9. The molecular weight excluding hydrogens is 432 g/mol. The van der Waals surface area contributed by atoms with Crippen LogP contribution in [0.3, 0.4) is 0 Å². The van der Waals surface area contributed by atoms with Gasteiger partial charge in [0, 0.05) is 51.9 Å². The topological polar surface area (TPSA) is 105 Å². The molecule has 1 aliphatic rings. The fraction of sp³-hybridized carbons (Fsp3) is 0.455. The number of hydrogen-bond donors (Lipinski definition) is 1. The number of methoxy groups -OCH3 is 1. The van der Waals surface area contributed by atoms with Gasteiger partial charge in [0.2, 0.25) is 15.9 Å². The first-order valence-electron chi connectivity index (χ1n) is 10.4.